The first-order valence-electron chi connectivity index (χ1n) is 17.1. The third kappa shape index (κ3) is 5.58. The monoisotopic (exact) mass is 588 g/mol. The number of anilines is 1. The predicted molar refractivity (Wildman–Crippen MR) is 184 cm³/mol. The maximum atomic E-state index is 5.44. The molecule has 3 saturated heterocycles. The fourth-order valence-electron chi connectivity index (χ4n) is 8.68. The molecule has 0 unspecified atom stereocenters. The molecule has 0 spiro atoms. The van der Waals surface area contributed by atoms with Crippen molar-refractivity contribution in [2.24, 2.45) is 9.98 Å². The number of hydrogen-bond acceptors (Lipinski definition) is 6. The van der Waals surface area contributed by atoms with Gasteiger partial charge in [0.25, 0.3) is 0 Å². The van der Waals surface area contributed by atoms with E-state index in [2.05, 4.69) is 76.9 Å². The second-order valence-electron chi connectivity index (χ2n) is 13.3. The van der Waals surface area contributed by atoms with Gasteiger partial charge in [0.15, 0.2) is 0 Å². The average molecular weight is 589 g/mol. The molecule has 0 aliphatic carbocycles. The second kappa shape index (κ2) is 12.8. The number of rotatable bonds is 8. The molecule has 0 N–H and O–H groups in total. The SMILES string of the molecule is C=N/C(=C1/CCN(c2cccc3cccc(CC)c23)C/C1=N/CCCC12CCCN1CCC2)N1CCCc2ncccc2C1. The lowest BCUT2D eigenvalue weighted by Crippen LogP contribution is -2.39. The lowest BCUT2D eigenvalue weighted by Gasteiger charge is -2.35. The molecule has 1 aromatic heterocycles. The van der Waals surface area contributed by atoms with Crippen molar-refractivity contribution in [1.29, 1.82) is 0 Å². The predicted octanol–water partition coefficient (Wildman–Crippen LogP) is 7.22. The number of nitrogens with zero attached hydrogens (tertiary/aromatic N) is 6. The first-order chi connectivity index (χ1) is 21.7. The van der Waals surface area contributed by atoms with Gasteiger partial charge in [-0.1, -0.05) is 43.3 Å². The van der Waals surface area contributed by atoms with E-state index in [0.29, 0.717) is 5.54 Å². The third-order valence-electron chi connectivity index (χ3n) is 10.8. The summed E-state index contributed by atoms with van der Waals surface area (Å²) in [4.78, 5) is 22.7. The Morgan fingerprint density at radius 2 is 1.77 bits per heavy atom. The molecule has 0 saturated carbocycles. The number of aromatic nitrogens is 1. The zero-order valence-corrected chi connectivity index (χ0v) is 26.6. The smallest absolute Gasteiger partial charge is 0.133 e. The third-order valence-corrected chi connectivity index (χ3v) is 10.8. The van der Waals surface area contributed by atoms with Crippen LogP contribution in [0.4, 0.5) is 5.69 Å². The summed E-state index contributed by atoms with van der Waals surface area (Å²) in [7, 11) is 0. The van der Waals surface area contributed by atoms with Crippen LogP contribution in [0.2, 0.25) is 0 Å². The standard InChI is InChI=1S/C38H48N6/c1-3-29-11-4-12-30-13-5-16-35(36(29)30)42-26-17-32(37(39-2)43-23-7-15-33-31(27-43)14-6-21-40-33)34(28-42)41-22-8-18-38-19-9-24-44(38)25-10-20-38/h4-6,11-14,16,21H,2-3,7-10,15,17-20,22-28H2,1H3/b37-32+,41-34-. The number of pyridine rings is 1. The van der Waals surface area contributed by atoms with Crippen molar-refractivity contribution in [2.45, 2.75) is 83.2 Å². The van der Waals surface area contributed by atoms with Crippen LogP contribution in [0.3, 0.4) is 0 Å². The van der Waals surface area contributed by atoms with Crippen molar-refractivity contribution in [3.63, 3.8) is 0 Å². The largest absolute Gasteiger partial charge is 0.365 e. The molecule has 5 heterocycles. The highest BCUT2D eigenvalue weighted by atomic mass is 15.2. The van der Waals surface area contributed by atoms with Gasteiger partial charge in [-0.3, -0.25) is 14.9 Å². The highest BCUT2D eigenvalue weighted by Gasteiger charge is 2.43. The van der Waals surface area contributed by atoms with Crippen LogP contribution >= 0.6 is 0 Å². The number of aryl methyl sites for hydroxylation is 2. The molecule has 4 aliphatic heterocycles. The van der Waals surface area contributed by atoms with E-state index >= 15 is 0 Å². The van der Waals surface area contributed by atoms with E-state index in [4.69, 9.17) is 15.0 Å². The molecular weight excluding hydrogens is 540 g/mol. The van der Waals surface area contributed by atoms with Gasteiger partial charge in [-0.05, 0) is 113 Å². The average Bonchev–Trinajstić information content (AvgIpc) is 3.57. The van der Waals surface area contributed by atoms with Crippen LogP contribution in [0.5, 0.6) is 0 Å². The van der Waals surface area contributed by atoms with E-state index in [9.17, 15) is 0 Å². The zero-order chi connectivity index (χ0) is 29.9. The highest BCUT2D eigenvalue weighted by molar-refractivity contribution is 6.06. The number of fused-ring (bicyclic) bond motifs is 3. The van der Waals surface area contributed by atoms with Gasteiger partial charge in [-0.25, -0.2) is 4.99 Å². The summed E-state index contributed by atoms with van der Waals surface area (Å²) in [5, 5.41) is 2.72. The minimum atomic E-state index is 0.457. The van der Waals surface area contributed by atoms with Crippen LogP contribution in [0, 0.1) is 0 Å². The molecule has 2 aromatic carbocycles. The van der Waals surface area contributed by atoms with Crippen LogP contribution in [-0.4, -0.2) is 72.0 Å². The van der Waals surface area contributed by atoms with E-state index in [1.54, 1.807) is 0 Å². The molecule has 6 heteroatoms. The van der Waals surface area contributed by atoms with Gasteiger partial charge in [0.2, 0.25) is 0 Å². The van der Waals surface area contributed by atoms with E-state index in [1.807, 2.05) is 6.20 Å². The van der Waals surface area contributed by atoms with Crippen molar-refractivity contribution < 1.29 is 0 Å². The van der Waals surface area contributed by atoms with Crippen molar-refractivity contribution in [1.82, 2.24) is 14.8 Å². The van der Waals surface area contributed by atoms with E-state index < -0.39 is 0 Å². The van der Waals surface area contributed by atoms with Crippen molar-refractivity contribution in [3.8, 4) is 0 Å². The van der Waals surface area contributed by atoms with Gasteiger partial charge in [-0.15, -0.1) is 0 Å². The summed E-state index contributed by atoms with van der Waals surface area (Å²) in [6.07, 6.45) is 13.9. The van der Waals surface area contributed by atoms with Gasteiger partial charge < -0.3 is 9.80 Å². The quantitative estimate of drug-likeness (QED) is 0.206. The van der Waals surface area contributed by atoms with Gasteiger partial charge in [0, 0.05) is 60.3 Å². The van der Waals surface area contributed by atoms with Crippen LogP contribution in [-0.2, 0) is 19.4 Å². The Morgan fingerprint density at radius 3 is 2.59 bits per heavy atom. The minimum absolute atomic E-state index is 0.457. The molecular formula is C38H48N6. The number of benzene rings is 2. The summed E-state index contributed by atoms with van der Waals surface area (Å²) in [6, 6.07) is 17.8. The molecule has 3 fully saturated rings. The Labute approximate surface area is 263 Å². The van der Waals surface area contributed by atoms with Crippen LogP contribution in [0.15, 0.2) is 76.1 Å². The normalized spacial score (nSPS) is 22.2. The lowest BCUT2D eigenvalue weighted by molar-refractivity contribution is 0.180. The van der Waals surface area contributed by atoms with Crippen LogP contribution < -0.4 is 4.90 Å². The number of aliphatic imine (C=N–C) groups is 2. The summed E-state index contributed by atoms with van der Waals surface area (Å²) >= 11 is 0. The number of piperidine rings is 1. The summed E-state index contributed by atoms with van der Waals surface area (Å²) in [6.45, 7) is 13.4. The Balaban J connectivity index is 1.20. The fraction of sp³-hybridized carbons (Fsp3) is 0.500. The van der Waals surface area contributed by atoms with Crippen molar-refractivity contribution in [2.75, 3.05) is 44.2 Å². The van der Waals surface area contributed by atoms with Gasteiger partial charge in [0.1, 0.15) is 5.82 Å². The topological polar surface area (TPSA) is 47.3 Å². The zero-order valence-electron chi connectivity index (χ0n) is 26.6. The van der Waals surface area contributed by atoms with E-state index in [0.717, 1.165) is 70.6 Å². The molecule has 4 aliphatic rings. The minimum Gasteiger partial charge on any atom is -0.365 e. The number of hydrogen-bond donors (Lipinski definition) is 0. The molecule has 44 heavy (non-hydrogen) atoms. The van der Waals surface area contributed by atoms with Crippen LogP contribution in [0.25, 0.3) is 10.8 Å². The van der Waals surface area contributed by atoms with Gasteiger partial charge in [0.05, 0.1) is 12.3 Å². The Kier molecular flexibility index (Phi) is 8.53. The molecule has 0 amide bonds. The van der Waals surface area contributed by atoms with Crippen LogP contribution in [0.1, 0.15) is 75.1 Å². The molecule has 230 valence electrons. The van der Waals surface area contributed by atoms with Crippen molar-refractivity contribution >= 4 is 28.9 Å². The van der Waals surface area contributed by atoms with Gasteiger partial charge in [-0.2, -0.15) is 0 Å². The molecule has 0 atom stereocenters. The second-order valence-corrected chi connectivity index (χ2v) is 13.3. The van der Waals surface area contributed by atoms with E-state index in [1.165, 1.54) is 89.8 Å². The maximum Gasteiger partial charge on any atom is 0.133 e. The van der Waals surface area contributed by atoms with E-state index in [-0.39, 0.29) is 0 Å². The Morgan fingerprint density at radius 1 is 0.932 bits per heavy atom. The first kappa shape index (κ1) is 29.2. The molecule has 0 radical (unpaired) electrons. The summed E-state index contributed by atoms with van der Waals surface area (Å²) < 4.78 is 0. The summed E-state index contributed by atoms with van der Waals surface area (Å²) in [5.41, 5.74) is 8.23. The Hall–Kier alpha value is -3.51. The molecule has 7 rings (SSSR count). The van der Waals surface area contributed by atoms with Crippen molar-refractivity contribution in [3.05, 3.63) is 82.9 Å². The Bertz CT molecular complexity index is 1560. The molecule has 6 nitrogen and oxygen atoms in total. The molecule has 0 bridgehead atoms. The van der Waals surface area contributed by atoms with Gasteiger partial charge >= 0.3 is 0 Å². The first-order valence-corrected chi connectivity index (χ1v) is 17.1. The highest BCUT2D eigenvalue weighted by Crippen LogP contribution is 2.42. The maximum absolute atomic E-state index is 5.44. The lowest BCUT2D eigenvalue weighted by atomic mass is 9.89. The fourth-order valence-corrected chi connectivity index (χ4v) is 8.68. The summed E-state index contributed by atoms with van der Waals surface area (Å²) in [5.74, 6) is 1.03. The molecule has 3 aromatic rings.